The highest BCUT2D eigenvalue weighted by Gasteiger charge is 2.12. The molecule has 0 bridgehead atoms. The van der Waals surface area contributed by atoms with Crippen LogP contribution in [0.2, 0.25) is 0 Å². The predicted molar refractivity (Wildman–Crippen MR) is 126 cm³/mol. The molecule has 0 saturated heterocycles. The van der Waals surface area contributed by atoms with Crippen LogP contribution in [0.1, 0.15) is 18.1 Å². The van der Waals surface area contributed by atoms with E-state index < -0.39 is 0 Å². The maximum absolute atomic E-state index is 12.6. The fourth-order valence-corrected chi connectivity index (χ4v) is 4.12. The van der Waals surface area contributed by atoms with E-state index in [-0.39, 0.29) is 6.03 Å². The molecule has 0 unspecified atom stereocenters. The highest BCUT2D eigenvalue weighted by atomic mass is 32.1. The van der Waals surface area contributed by atoms with Gasteiger partial charge in [-0.3, -0.25) is 0 Å². The Balaban J connectivity index is 1.52. The van der Waals surface area contributed by atoms with E-state index >= 15 is 0 Å². The lowest BCUT2D eigenvalue weighted by Gasteiger charge is -2.14. The molecular weight excluding hydrogens is 408 g/mol. The number of anilines is 3. The number of carbonyl (C=O) groups excluding carboxylic acids is 1. The van der Waals surface area contributed by atoms with Gasteiger partial charge in [0.25, 0.3) is 0 Å². The van der Waals surface area contributed by atoms with Crippen LogP contribution < -0.4 is 16.4 Å². The minimum Gasteiger partial charge on any atom is -0.383 e. The number of amides is 2. The second-order valence-corrected chi connectivity index (χ2v) is 7.84. The first-order valence-electron chi connectivity index (χ1n) is 9.83. The van der Waals surface area contributed by atoms with Crippen molar-refractivity contribution in [3.8, 4) is 21.8 Å². The Labute approximate surface area is 184 Å². The van der Waals surface area contributed by atoms with E-state index in [4.69, 9.17) is 5.73 Å². The summed E-state index contributed by atoms with van der Waals surface area (Å²) < 4.78 is 0. The van der Waals surface area contributed by atoms with Crippen molar-refractivity contribution in [3.63, 3.8) is 0 Å². The van der Waals surface area contributed by atoms with Crippen LogP contribution in [0, 0.1) is 6.92 Å². The normalized spacial score (nSPS) is 10.6. The average molecular weight is 431 g/mol. The van der Waals surface area contributed by atoms with Gasteiger partial charge in [-0.25, -0.2) is 19.7 Å². The SMILES string of the molecule is CCc1cccc(C)c1NC(=O)Nc1cccc(-c2csc(-c3cncnc3N)n2)c1. The Bertz CT molecular complexity index is 1240. The number of aryl methyl sites for hydroxylation is 2. The summed E-state index contributed by atoms with van der Waals surface area (Å²) in [6, 6.07) is 13.3. The standard InChI is InChI=1S/C23H22N6OS/c1-3-15-7-4-6-14(2)20(15)29-23(30)27-17-9-5-8-16(10-17)19-12-31-22(28-19)18-11-25-13-26-21(18)24/h4-13H,3H2,1-2H3,(H2,24,25,26)(H2,27,29,30). The number of thiazole rings is 1. The van der Waals surface area contributed by atoms with Gasteiger partial charge in [-0.05, 0) is 36.6 Å². The number of nitrogens with two attached hydrogens (primary N) is 1. The third-order valence-electron chi connectivity index (χ3n) is 4.87. The smallest absolute Gasteiger partial charge is 0.323 e. The minimum atomic E-state index is -0.283. The second kappa shape index (κ2) is 8.93. The number of para-hydroxylation sites is 1. The third-order valence-corrected chi connectivity index (χ3v) is 5.75. The van der Waals surface area contributed by atoms with Gasteiger partial charge in [0.15, 0.2) is 0 Å². The molecular formula is C23H22N6OS. The summed E-state index contributed by atoms with van der Waals surface area (Å²) in [4.78, 5) is 25.3. The van der Waals surface area contributed by atoms with Gasteiger partial charge in [0.1, 0.15) is 17.2 Å². The molecule has 2 heterocycles. The molecule has 0 radical (unpaired) electrons. The van der Waals surface area contributed by atoms with E-state index in [0.717, 1.165) is 39.5 Å². The van der Waals surface area contributed by atoms with Crippen molar-refractivity contribution in [2.24, 2.45) is 0 Å². The number of nitrogen functional groups attached to an aromatic ring is 1. The summed E-state index contributed by atoms with van der Waals surface area (Å²) in [7, 11) is 0. The van der Waals surface area contributed by atoms with Crippen molar-refractivity contribution in [3.05, 3.63) is 71.5 Å². The summed E-state index contributed by atoms with van der Waals surface area (Å²) in [5, 5.41) is 8.58. The number of nitrogens with zero attached hydrogens (tertiary/aromatic N) is 3. The van der Waals surface area contributed by atoms with Crippen LogP contribution in [0.4, 0.5) is 22.0 Å². The largest absolute Gasteiger partial charge is 0.383 e. The van der Waals surface area contributed by atoms with E-state index in [2.05, 4.69) is 32.5 Å². The fourth-order valence-electron chi connectivity index (χ4n) is 3.27. The first-order chi connectivity index (χ1) is 15.0. The molecule has 0 saturated carbocycles. The molecule has 0 aliphatic rings. The average Bonchev–Trinajstić information content (AvgIpc) is 3.26. The van der Waals surface area contributed by atoms with Crippen molar-refractivity contribution < 1.29 is 4.79 Å². The van der Waals surface area contributed by atoms with Crippen LogP contribution in [-0.4, -0.2) is 21.0 Å². The van der Waals surface area contributed by atoms with Crippen LogP contribution in [-0.2, 0) is 6.42 Å². The minimum absolute atomic E-state index is 0.283. The molecule has 2 aromatic heterocycles. The monoisotopic (exact) mass is 430 g/mol. The number of carbonyl (C=O) groups is 1. The van der Waals surface area contributed by atoms with Gasteiger partial charge >= 0.3 is 6.03 Å². The molecule has 8 heteroatoms. The molecule has 4 rings (SSSR count). The van der Waals surface area contributed by atoms with Crippen LogP contribution in [0.15, 0.2) is 60.4 Å². The molecule has 0 aliphatic carbocycles. The van der Waals surface area contributed by atoms with E-state index in [1.54, 1.807) is 6.20 Å². The number of rotatable bonds is 5. The van der Waals surface area contributed by atoms with Crippen molar-refractivity contribution in [2.75, 3.05) is 16.4 Å². The quantitative estimate of drug-likeness (QED) is 0.395. The molecule has 156 valence electrons. The Kier molecular flexibility index (Phi) is 5.90. The molecule has 31 heavy (non-hydrogen) atoms. The first-order valence-corrected chi connectivity index (χ1v) is 10.7. The van der Waals surface area contributed by atoms with E-state index in [0.29, 0.717) is 17.1 Å². The van der Waals surface area contributed by atoms with Crippen molar-refractivity contribution >= 4 is 34.6 Å². The van der Waals surface area contributed by atoms with Gasteiger partial charge in [-0.2, -0.15) is 0 Å². The molecule has 0 atom stereocenters. The molecule has 7 nitrogen and oxygen atoms in total. The van der Waals surface area contributed by atoms with Gasteiger partial charge in [0, 0.05) is 28.5 Å². The summed E-state index contributed by atoms with van der Waals surface area (Å²) in [6.07, 6.45) is 3.91. The van der Waals surface area contributed by atoms with E-state index in [1.165, 1.54) is 17.7 Å². The Morgan fingerprint density at radius 1 is 1.16 bits per heavy atom. The number of hydrogen-bond donors (Lipinski definition) is 3. The van der Waals surface area contributed by atoms with Gasteiger partial charge in [-0.15, -0.1) is 11.3 Å². The number of aromatic nitrogens is 3. The molecule has 4 aromatic rings. The van der Waals surface area contributed by atoms with Crippen LogP contribution in [0.3, 0.4) is 0 Å². The summed E-state index contributed by atoms with van der Waals surface area (Å²) >= 11 is 1.47. The Morgan fingerprint density at radius 2 is 2.00 bits per heavy atom. The molecule has 0 fully saturated rings. The molecule has 0 spiro atoms. The Hall–Kier alpha value is -3.78. The molecule has 2 amide bonds. The van der Waals surface area contributed by atoms with E-state index in [9.17, 15) is 4.79 Å². The number of nitrogens with one attached hydrogen (secondary N) is 2. The number of urea groups is 1. The zero-order chi connectivity index (χ0) is 21.8. The van der Waals surface area contributed by atoms with Crippen molar-refractivity contribution in [1.82, 2.24) is 15.0 Å². The zero-order valence-corrected chi connectivity index (χ0v) is 18.0. The first kappa shape index (κ1) is 20.5. The van der Waals surface area contributed by atoms with Gasteiger partial charge in [0.05, 0.1) is 11.3 Å². The maximum atomic E-state index is 12.6. The fraction of sp³-hybridized carbons (Fsp3) is 0.130. The number of benzene rings is 2. The van der Waals surface area contributed by atoms with Crippen LogP contribution in [0.25, 0.3) is 21.8 Å². The van der Waals surface area contributed by atoms with E-state index in [1.807, 2.05) is 54.8 Å². The number of hydrogen-bond acceptors (Lipinski definition) is 6. The van der Waals surface area contributed by atoms with Gasteiger partial charge < -0.3 is 16.4 Å². The molecule has 4 N–H and O–H groups in total. The lowest BCUT2D eigenvalue weighted by atomic mass is 10.1. The van der Waals surface area contributed by atoms with Gasteiger partial charge in [-0.1, -0.05) is 37.3 Å². The van der Waals surface area contributed by atoms with Crippen LogP contribution in [0.5, 0.6) is 0 Å². The topological polar surface area (TPSA) is 106 Å². The van der Waals surface area contributed by atoms with Crippen molar-refractivity contribution in [2.45, 2.75) is 20.3 Å². The maximum Gasteiger partial charge on any atom is 0.323 e. The third kappa shape index (κ3) is 4.54. The zero-order valence-electron chi connectivity index (χ0n) is 17.2. The second-order valence-electron chi connectivity index (χ2n) is 6.98. The lowest BCUT2D eigenvalue weighted by Crippen LogP contribution is -2.20. The Morgan fingerprint density at radius 3 is 2.81 bits per heavy atom. The highest BCUT2D eigenvalue weighted by Crippen LogP contribution is 2.31. The summed E-state index contributed by atoms with van der Waals surface area (Å²) in [5.74, 6) is 0.394. The summed E-state index contributed by atoms with van der Waals surface area (Å²) in [5.41, 5.74) is 12.0. The van der Waals surface area contributed by atoms with Crippen LogP contribution >= 0.6 is 11.3 Å². The van der Waals surface area contributed by atoms with Crippen molar-refractivity contribution in [1.29, 1.82) is 0 Å². The molecule has 2 aromatic carbocycles. The summed E-state index contributed by atoms with van der Waals surface area (Å²) in [6.45, 7) is 4.05. The predicted octanol–water partition coefficient (Wildman–Crippen LogP) is 5.36. The van der Waals surface area contributed by atoms with Gasteiger partial charge in [0.2, 0.25) is 0 Å². The highest BCUT2D eigenvalue weighted by molar-refractivity contribution is 7.13. The molecule has 0 aliphatic heterocycles. The lowest BCUT2D eigenvalue weighted by molar-refractivity contribution is 0.262.